The molecule has 1 aromatic heterocycles. The van der Waals surface area contributed by atoms with E-state index >= 15 is 0 Å². The number of aryl methyl sites for hydroxylation is 1. The lowest BCUT2D eigenvalue weighted by molar-refractivity contribution is -0.121. The van der Waals surface area contributed by atoms with Gasteiger partial charge in [-0.25, -0.2) is 14.6 Å². The molecule has 0 aliphatic carbocycles. The number of furan rings is 1. The van der Waals surface area contributed by atoms with E-state index in [9.17, 15) is 14.4 Å². The van der Waals surface area contributed by atoms with E-state index in [-0.39, 0.29) is 5.57 Å². The standard InChI is InChI=1S/C28H19ClN2O4/c1-18-7-13-22(14-8-18)31-27(33)24(26(32)30(28(31)34)21-5-3-2-4-6-21)17-23-15-16-25(35-23)19-9-11-20(29)12-10-19/h2-17H,1H3/b24-17+. The van der Waals surface area contributed by atoms with Crippen LogP contribution in [0.3, 0.4) is 0 Å². The SMILES string of the molecule is Cc1ccc(N2C(=O)/C(=C/c3ccc(-c4ccc(Cl)cc4)o3)C(=O)N(c3ccccc3)C2=O)cc1. The zero-order valence-corrected chi connectivity index (χ0v) is 19.4. The summed E-state index contributed by atoms with van der Waals surface area (Å²) >= 11 is 5.96. The van der Waals surface area contributed by atoms with Crippen molar-refractivity contribution in [2.75, 3.05) is 9.80 Å². The number of barbiturate groups is 1. The van der Waals surface area contributed by atoms with E-state index in [0.717, 1.165) is 20.9 Å². The maximum atomic E-state index is 13.5. The van der Waals surface area contributed by atoms with Crippen molar-refractivity contribution in [1.82, 2.24) is 0 Å². The molecule has 0 saturated carbocycles. The summed E-state index contributed by atoms with van der Waals surface area (Å²) in [6.07, 6.45) is 1.37. The van der Waals surface area contributed by atoms with Gasteiger partial charge < -0.3 is 4.42 Å². The van der Waals surface area contributed by atoms with Crippen molar-refractivity contribution in [2.24, 2.45) is 0 Å². The van der Waals surface area contributed by atoms with Gasteiger partial charge in [0.1, 0.15) is 17.1 Å². The highest BCUT2D eigenvalue weighted by Crippen LogP contribution is 2.31. The molecule has 4 amide bonds. The van der Waals surface area contributed by atoms with Crippen molar-refractivity contribution in [1.29, 1.82) is 0 Å². The van der Waals surface area contributed by atoms with Crippen LogP contribution in [0.15, 0.2) is 101 Å². The fourth-order valence-electron chi connectivity index (χ4n) is 3.80. The van der Waals surface area contributed by atoms with Crippen molar-refractivity contribution < 1.29 is 18.8 Å². The molecule has 0 spiro atoms. The molecule has 1 fully saturated rings. The maximum absolute atomic E-state index is 13.5. The Hall–Kier alpha value is -4.42. The summed E-state index contributed by atoms with van der Waals surface area (Å²) in [6.45, 7) is 1.91. The average Bonchev–Trinajstić information content (AvgIpc) is 3.33. The lowest BCUT2D eigenvalue weighted by atomic mass is 10.1. The predicted molar refractivity (Wildman–Crippen MR) is 135 cm³/mol. The molecule has 1 aliphatic rings. The van der Waals surface area contributed by atoms with E-state index in [1.54, 1.807) is 78.9 Å². The van der Waals surface area contributed by atoms with Gasteiger partial charge in [0.25, 0.3) is 11.8 Å². The first-order chi connectivity index (χ1) is 16.9. The molecule has 7 heteroatoms. The van der Waals surface area contributed by atoms with Crippen molar-refractivity contribution in [3.8, 4) is 11.3 Å². The van der Waals surface area contributed by atoms with Crippen LogP contribution in [-0.4, -0.2) is 17.8 Å². The number of halogens is 1. The van der Waals surface area contributed by atoms with Crippen LogP contribution in [0.2, 0.25) is 5.02 Å². The largest absolute Gasteiger partial charge is 0.457 e. The van der Waals surface area contributed by atoms with Crippen LogP contribution in [0.1, 0.15) is 11.3 Å². The van der Waals surface area contributed by atoms with Crippen LogP contribution >= 0.6 is 11.6 Å². The molecule has 35 heavy (non-hydrogen) atoms. The molecule has 4 aromatic rings. The number of carbonyl (C=O) groups is 3. The molecule has 0 unspecified atom stereocenters. The van der Waals surface area contributed by atoms with Crippen LogP contribution in [0.5, 0.6) is 0 Å². The normalized spacial score (nSPS) is 15.3. The van der Waals surface area contributed by atoms with Crippen molar-refractivity contribution in [3.63, 3.8) is 0 Å². The number of benzene rings is 3. The summed E-state index contributed by atoms with van der Waals surface area (Å²) in [7, 11) is 0. The molecule has 0 atom stereocenters. The number of rotatable bonds is 4. The molecular weight excluding hydrogens is 464 g/mol. The number of urea groups is 1. The lowest BCUT2D eigenvalue weighted by Gasteiger charge is -2.33. The van der Waals surface area contributed by atoms with Gasteiger partial charge in [-0.15, -0.1) is 0 Å². The number of hydrogen-bond acceptors (Lipinski definition) is 4. The maximum Gasteiger partial charge on any atom is 0.343 e. The highest BCUT2D eigenvalue weighted by molar-refractivity contribution is 6.46. The Balaban J connectivity index is 1.58. The molecule has 3 aromatic carbocycles. The van der Waals surface area contributed by atoms with E-state index in [2.05, 4.69) is 0 Å². The second-order valence-electron chi connectivity index (χ2n) is 8.00. The molecule has 6 nitrogen and oxygen atoms in total. The van der Waals surface area contributed by atoms with Crippen LogP contribution in [0.4, 0.5) is 16.2 Å². The van der Waals surface area contributed by atoms with Gasteiger partial charge in [0.15, 0.2) is 0 Å². The van der Waals surface area contributed by atoms with Crippen LogP contribution in [-0.2, 0) is 9.59 Å². The Kier molecular flexibility index (Phi) is 5.81. The topological polar surface area (TPSA) is 70.8 Å². The Morgan fingerprint density at radius 1 is 0.714 bits per heavy atom. The molecule has 1 saturated heterocycles. The second-order valence-corrected chi connectivity index (χ2v) is 8.44. The van der Waals surface area contributed by atoms with Crippen molar-refractivity contribution in [2.45, 2.75) is 6.92 Å². The average molecular weight is 483 g/mol. The highest BCUT2D eigenvalue weighted by Gasteiger charge is 2.43. The molecular formula is C28H19ClN2O4. The van der Waals surface area contributed by atoms with Gasteiger partial charge in [-0.05, 0) is 73.7 Å². The van der Waals surface area contributed by atoms with E-state index in [4.69, 9.17) is 16.0 Å². The quantitative estimate of drug-likeness (QED) is 0.246. The predicted octanol–water partition coefficient (Wildman–Crippen LogP) is 6.49. The van der Waals surface area contributed by atoms with E-state index in [0.29, 0.717) is 27.9 Å². The fourth-order valence-corrected chi connectivity index (χ4v) is 3.92. The number of nitrogens with zero attached hydrogens (tertiary/aromatic N) is 2. The van der Waals surface area contributed by atoms with E-state index < -0.39 is 17.8 Å². The van der Waals surface area contributed by atoms with Crippen LogP contribution in [0, 0.1) is 6.92 Å². The number of imide groups is 2. The molecule has 1 aliphatic heterocycles. The van der Waals surface area contributed by atoms with Crippen LogP contribution < -0.4 is 9.80 Å². The zero-order chi connectivity index (χ0) is 24.5. The van der Waals surface area contributed by atoms with Crippen molar-refractivity contribution in [3.05, 3.63) is 113 Å². The minimum atomic E-state index is -0.742. The third kappa shape index (κ3) is 4.27. The number of amides is 4. The van der Waals surface area contributed by atoms with Crippen LogP contribution in [0.25, 0.3) is 17.4 Å². The van der Waals surface area contributed by atoms with Gasteiger partial charge in [-0.1, -0.05) is 47.5 Å². The Morgan fingerprint density at radius 3 is 1.94 bits per heavy atom. The van der Waals surface area contributed by atoms with Gasteiger partial charge >= 0.3 is 6.03 Å². The van der Waals surface area contributed by atoms with E-state index in [1.807, 2.05) is 19.1 Å². The Labute approximate surface area is 206 Å². The molecule has 5 rings (SSSR count). The monoisotopic (exact) mass is 482 g/mol. The summed E-state index contributed by atoms with van der Waals surface area (Å²) in [5.74, 6) is -0.590. The smallest absolute Gasteiger partial charge is 0.343 e. The van der Waals surface area contributed by atoms with Crippen molar-refractivity contribution >= 4 is 46.9 Å². The Bertz CT molecular complexity index is 1460. The van der Waals surface area contributed by atoms with Gasteiger partial charge in [0.05, 0.1) is 11.4 Å². The lowest BCUT2D eigenvalue weighted by Crippen LogP contribution is -2.57. The molecule has 2 heterocycles. The fraction of sp³-hybridized carbons (Fsp3) is 0.0357. The number of para-hydroxylation sites is 1. The zero-order valence-electron chi connectivity index (χ0n) is 18.6. The minimum Gasteiger partial charge on any atom is -0.457 e. The van der Waals surface area contributed by atoms with Gasteiger partial charge in [0, 0.05) is 10.6 Å². The first kappa shape index (κ1) is 22.4. The third-order valence-corrected chi connectivity index (χ3v) is 5.85. The molecule has 0 N–H and O–H groups in total. The number of carbonyl (C=O) groups excluding carboxylic acids is 3. The minimum absolute atomic E-state index is 0.189. The van der Waals surface area contributed by atoms with E-state index in [1.165, 1.54) is 6.08 Å². The first-order valence-electron chi connectivity index (χ1n) is 10.8. The summed E-state index contributed by atoms with van der Waals surface area (Å²) < 4.78 is 5.89. The first-order valence-corrected chi connectivity index (χ1v) is 11.2. The number of hydrogen-bond donors (Lipinski definition) is 0. The summed E-state index contributed by atoms with van der Waals surface area (Å²) in [6, 6.07) is 25.2. The summed E-state index contributed by atoms with van der Waals surface area (Å²) in [5.41, 5.74) is 2.31. The second kappa shape index (κ2) is 9.08. The third-order valence-electron chi connectivity index (χ3n) is 5.60. The number of anilines is 2. The van der Waals surface area contributed by atoms with Gasteiger partial charge in [-0.2, -0.15) is 0 Å². The molecule has 0 radical (unpaired) electrons. The highest BCUT2D eigenvalue weighted by atomic mass is 35.5. The Morgan fingerprint density at radius 2 is 1.31 bits per heavy atom. The van der Waals surface area contributed by atoms with Gasteiger partial charge in [-0.3, -0.25) is 9.59 Å². The molecule has 0 bridgehead atoms. The summed E-state index contributed by atoms with van der Waals surface area (Å²) in [4.78, 5) is 42.3. The van der Waals surface area contributed by atoms with Gasteiger partial charge in [0.2, 0.25) is 0 Å². The summed E-state index contributed by atoms with van der Waals surface area (Å²) in [5, 5.41) is 0.600. The molecule has 172 valence electrons.